The fourth-order valence-electron chi connectivity index (χ4n) is 2.03. The van der Waals surface area contributed by atoms with E-state index in [4.69, 9.17) is 9.31 Å². The molecule has 2 rings (SSSR count). The highest BCUT2D eigenvalue weighted by molar-refractivity contribution is 6.62. The molecule has 1 unspecified atom stereocenters. The average Bonchev–Trinajstić information content (AvgIpc) is 2.57. The molecule has 0 bridgehead atoms. The highest BCUT2D eigenvalue weighted by Gasteiger charge is 2.52. The summed E-state index contributed by atoms with van der Waals surface area (Å²) in [5.74, 6) is 0. The Morgan fingerprint density at radius 2 is 1.57 bits per heavy atom. The van der Waals surface area contributed by atoms with Gasteiger partial charge in [0.15, 0.2) is 0 Å². The standard InChI is InChI=1S/C14H17BF4O2/c1-12(2)13(3,4)21-15(20-12)10-7-5-6-9(8-10)11(16)14(17,18)19/h5-8,11H,1-4H3. The number of halogens is 4. The van der Waals surface area contributed by atoms with E-state index in [2.05, 4.69) is 0 Å². The van der Waals surface area contributed by atoms with Crippen LogP contribution >= 0.6 is 0 Å². The second-order valence-corrected chi connectivity index (χ2v) is 6.16. The van der Waals surface area contributed by atoms with Gasteiger partial charge in [-0.1, -0.05) is 24.3 Å². The van der Waals surface area contributed by atoms with E-state index in [0.717, 1.165) is 12.1 Å². The zero-order valence-corrected chi connectivity index (χ0v) is 12.3. The first-order valence-corrected chi connectivity index (χ1v) is 6.60. The van der Waals surface area contributed by atoms with E-state index < -0.39 is 36.2 Å². The van der Waals surface area contributed by atoms with E-state index in [9.17, 15) is 17.6 Å². The predicted octanol–water partition coefficient (Wildman–Crippen LogP) is 3.56. The molecule has 0 aromatic heterocycles. The van der Waals surface area contributed by atoms with Crippen LogP contribution in [0.3, 0.4) is 0 Å². The minimum absolute atomic E-state index is 0.373. The fraction of sp³-hybridized carbons (Fsp3) is 0.571. The molecule has 7 heteroatoms. The van der Waals surface area contributed by atoms with Crippen LogP contribution in [-0.4, -0.2) is 24.5 Å². The topological polar surface area (TPSA) is 18.5 Å². The summed E-state index contributed by atoms with van der Waals surface area (Å²) in [6, 6.07) is 5.18. The van der Waals surface area contributed by atoms with Crippen LogP contribution in [0.2, 0.25) is 0 Å². The van der Waals surface area contributed by atoms with Crippen molar-refractivity contribution in [2.45, 2.75) is 51.2 Å². The molecule has 0 N–H and O–H groups in total. The fourth-order valence-corrected chi connectivity index (χ4v) is 2.03. The second-order valence-electron chi connectivity index (χ2n) is 6.16. The predicted molar refractivity (Wildman–Crippen MR) is 72.1 cm³/mol. The first kappa shape index (κ1) is 16.3. The van der Waals surface area contributed by atoms with Crippen LogP contribution in [0, 0.1) is 0 Å². The van der Waals surface area contributed by atoms with E-state index in [1.54, 1.807) is 6.07 Å². The summed E-state index contributed by atoms with van der Waals surface area (Å²) in [5.41, 5.74) is -1.28. The van der Waals surface area contributed by atoms with Gasteiger partial charge in [0.2, 0.25) is 6.17 Å². The van der Waals surface area contributed by atoms with Crippen molar-refractivity contribution >= 4 is 12.6 Å². The van der Waals surface area contributed by atoms with E-state index in [0.29, 0.717) is 5.46 Å². The molecule has 1 saturated heterocycles. The van der Waals surface area contributed by atoms with Crippen molar-refractivity contribution in [1.82, 2.24) is 0 Å². The Hall–Kier alpha value is -1.08. The van der Waals surface area contributed by atoms with Crippen LogP contribution in [-0.2, 0) is 9.31 Å². The van der Waals surface area contributed by atoms with Crippen molar-refractivity contribution < 1.29 is 26.9 Å². The Bertz CT molecular complexity index is 512. The maximum absolute atomic E-state index is 13.4. The Kier molecular flexibility index (Phi) is 3.87. The van der Waals surface area contributed by atoms with Gasteiger partial charge in [-0.25, -0.2) is 4.39 Å². The number of hydrogen-bond acceptors (Lipinski definition) is 2. The van der Waals surface area contributed by atoms with Crippen LogP contribution < -0.4 is 5.46 Å². The molecule has 1 aromatic carbocycles. The lowest BCUT2D eigenvalue weighted by Crippen LogP contribution is -2.41. The van der Waals surface area contributed by atoms with E-state index in [1.807, 2.05) is 27.7 Å². The molecule has 0 radical (unpaired) electrons. The van der Waals surface area contributed by atoms with Crippen molar-refractivity contribution in [3.8, 4) is 0 Å². The first-order valence-electron chi connectivity index (χ1n) is 6.60. The molecule has 0 spiro atoms. The van der Waals surface area contributed by atoms with Crippen LogP contribution in [0.25, 0.3) is 0 Å². The second kappa shape index (κ2) is 4.99. The largest absolute Gasteiger partial charge is 0.494 e. The quantitative estimate of drug-likeness (QED) is 0.614. The summed E-state index contributed by atoms with van der Waals surface area (Å²) >= 11 is 0. The molecule has 0 aliphatic carbocycles. The maximum atomic E-state index is 13.4. The van der Waals surface area contributed by atoms with Crippen molar-refractivity contribution in [3.63, 3.8) is 0 Å². The van der Waals surface area contributed by atoms with Gasteiger partial charge >= 0.3 is 13.3 Å². The van der Waals surface area contributed by atoms with Crippen LogP contribution in [0.15, 0.2) is 24.3 Å². The lowest BCUT2D eigenvalue weighted by molar-refractivity contribution is -0.182. The van der Waals surface area contributed by atoms with Crippen molar-refractivity contribution in [2.75, 3.05) is 0 Å². The Morgan fingerprint density at radius 1 is 1.05 bits per heavy atom. The normalized spacial score (nSPS) is 22.4. The molecule has 1 aromatic rings. The van der Waals surface area contributed by atoms with Crippen LogP contribution in [0.4, 0.5) is 17.6 Å². The highest BCUT2D eigenvalue weighted by Crippen LogP contribution is 2.38. The molecule has 1 atom stereocenters. The summed E-state index contributed by atoms with van der Waals surface area (Å²) in [5, 5.41) is 0. The molecule has 1 fully saturated rings. The highest BCUT2D eigenvalue weighted by atomic mass is 19.4. The van der Waals surface area contributed by atoms with Gasteiger partial charge < -0.3 is 9.31 Å². The lowest BCUT2D eigenvalue weighted by Gasteiger charge is -2.32. The van der Waals surface area contributed by atoms with Gasteiger partial charge in [0.25, 0.3) is 0 Å². The Labute approximate surface area is 121 Å². The Balaban J connectivity index is 2.28. The van der Waals surface area contributed by atoms with Gasteiger partial charge in [-0.2, -0.15) is 13.2 Å². The summed E-state index contributed by atoms with van der Waals surface area (Å²) in [6.45, 7) is 7.35. The third-order valence-corrected chi connectivity index (χ3v) is 4.02. The number of alkyl halides is 4. The Morgan fingerprint density at radius 3 is 2.05 bits per heavy atom. The minimum atomic E-state index is -4.92. The van der Waals surface area contributed by atoms with Gasteiger partial charge in [0.1, 0.15) is 0 Å². The minimum Gasteiger partial charge on any atom is -0.399 e. The zero-order chi connectivity index (χ0) is 16.1. The molecular formula is C14H17BF4O2. The van der Waals surface area contributed by atoms with Gasteiger partial charge in [-0.15, -0.1) is 0 Å². The summed E-state index contributed by atoms with van der Waals surface area (Å²) in [4.78, 5) is 0. The summed E-state index contributed by atoms with van der Waals surface area (Å²) in [7, 11) is -0.810. The molecule has 0 amide bonds. The molecule has 1 heterocycles. The average molecular weight is 304 g/mol. The summed E-state index contributed by atoms with van der Waals surface area (Å²) < 4.78 is 62.3. The molecule has 116 valence electrons. The third kappa shape index (κ3) is 3.08. The van der Waals surface area contributed by atoms with Crippen molar-refractivity contribution in [2.24, 2.45) is 0 Å². The van der Waals surface area contributed by atoms with Gasteiger partial charge in [-0.3, -0.25) is 0 Å². The first-order chi connectivity index (χ1) is 9.44. The molecule has 0 saturated carbocycles. The smallest absolute Gasteiger partial charge is 0.399 e. The zero-order valence-electron chi connectivity index (χ0n) is 12.3. The molecule has 1 aliphatic heterocycles. The van der Waals surface area contributed by atoms with E-state index in [-0.39, 0.29) is 0 Å². The van der Waals surface area contributed by atoms with Gasteiger partial charge in [0, 0.05) is 0 Å². The van der Waals surface area contributed by atoms with Gasteiger partial charge in [-0.05, 0) is 38.7 Å². The molecular weight excluding hydrogens is 287 g/mol. The van der Waals surface area contributed by atoms with Crippen LogP contribution in [0.5, 0.6) is 0 Å². The third-order valence-electron chi connectivity index (χ3n) is 4.02. The van der Waals surface area contributed by atoms with Crippen molar-refractivity contribution in [1.29, 1.82) is 0 Å². The van der Waals surface area contributed by atoms with Gasteiger partial charge in [0.05, 0.1) is 11.2 Å². The SMILES string of the molecule is CC1(C)OB(c2cccc(C(F)C(F)(F)F)c2)OC1(C)C. The lowest BCUT2D eigenvalue weighted by atomic mass is 9.78. The maximum Gasteiger partial charge on any atom is 0.494 e. The molecule has 21 heavy (non-hydrogen) atoms. The van der Waals surface area contributed by atoms with E-state index in [1.165, 1.54) is 6.07 Å². The van der Waals surface area contributed by atoms with E-state index >= 15 is 0 Å². The molecule has 2 nitrogen and oxygen atoms in total. The number of hydrogen-bond donors (Lipinski definition) is 0. The monoisotopic (exact) mass is 304 g/mol. The molecule has 1 aliphatic rings. The summed E-state index contributed by atoms with van der Waals surface area (Å²) in [6.07, 6.45) is -7.94. The number of rotatable bonds is 2. The van der Waals surface area contributed by atoms with Crippen molar-refractivity contribution in [3.05, 3.63) is 29.8 Å². The number of benzene rings is 1. The van der Waals surface area contributed by atoms with Crippen LogP contribution in [0.1, 0.15) is 39.4 Å².